The van der Waals surface area contributed by atoms with Crippen LogP contribution >= 0.6 is 11.3 Å². The molecule has 3 rings (SSSR count). The summed E-state index contributed by atoms with van der Waals surface area (Å²) in [5.74, 6) is 0.212. The van der Waals surface area contributed by atoms with E-state index in [1.807, 2.05) is 13.8 Å². The van der Waals surface area contributed by atoms with Gasteiger partial charge in [-0.15, -0.1) is 11.3 Å². The minimum atomic E-state index is -0.396. The van der Waals surface area contributed by atoms with E-state index in [9.17, 15) is 9.18 Å². The first-order valence-corrected chi connectivity index (χ1v) is 9.20. The normalized spacial score (nSPS) is 10.9. The van der Waals surface area contributed by atoms with E-state index in [1.165, 1.54) is 17.4 Å². The minimum Gasteiger partial charge on any atom is -0.361 e. The molecular weight excluding hydrogens is 355 g/mol. The van der Waals surface area contributed by atoms with Crippen molar-refractivity contribution >= 4 is 17.2 Å². The number of hydrogen-bond donors (Lipinski definition) is 1. The van der Waals surface area contributed by atoms with Gasteiger partial charge < -0.3 is 9.84 Å². The summed E-state index contributed by atoms with van der Waals surface area (Å²) >= 11 is 1.38. The van der Waals surface area contributed by atoms with Crippen LogP contribution in [0.15, 0.2) is 29.0 Å². The maximum Gasteiger partial charge on any atom is 0.263 e. The molecule has 0 aromatic carbocycles. The van der Waals surface area contributed by atoms with Crippen molar-refractivity contribution in [3.8, 4) is 11.4 Å². The molecule has 0 saturated heterocycles. The average molecular weight is 374 g/mol. The lowest BCUT2D eigenvalue weighted by Gasteiger charge is -2.01. The quantitative estimate of drug-likeness (QED) is 0.684. The van der Waals surface area contributed by atoms with Crippen LogP contribution in [0.1, 0.15) is 39.3 Å². The smallest absolute Gasteiger partial charge is 0.263 e. The number of thiazole rings is 1. The fourth-order valence-electron chi connectivity index (χ4n) is 2.49. The highest BCUT2D eigenvalue weighted by molar-refractivity contribution is 7.13. The van der Waals surface area contributed by atoms with Gasteiger partial charge in [0.2, 0.25) is 0 Å². The molecule has 3 heterocycles. The van der Waals surface area contributed by atoms with Crippen molar-refractivity contribution in [1.29, 1.82) is 0 Å². The van der Waals surface area contributed by atoms with E-state index in [1.54, 1.807) is 12.3 Å². The Hall–Kier alpha value is -2.61. The summed E-state index contributed by atoms with van der Waals surface area (Å²) < 4.78 is 18.4. The van der Waals surface area contributed by atoms with Crippen molar-refractivity contribution in [3.63, 3.8) is 0 Å². The van der Waals surface area contributed by atoms with Crippen LogP contribution < -0.4 is 5.32 Å². The predicted octanol–water partition coefficient (Wildman–Crippen LogP) is 3.57. The summed E-state index contributed by atoms with van der Waals surface area (Å²) in [4.78, 5) is 21.0. The Labute approximate surface area is 154 Å². The van der Waals surface area contributed by atoms with Crippen LogP contribution in [0.4, 0.5) is 4.39 Å². The van der Waals surface area contributed by atoms with Crippen molar-refractivity contribution in [2.45, 2.75) is 33.1 Å². The topological polar surface area (TPSA) is 80.9 Å². The summed E-state index contributed by atoms with van der Waals surface area (Å²) in [6.45, 7) is 4.49. The number of rotatable bonds is 7. The maximum atomic E-state index is 13.1. The van der Waals surface area contributed by atoms with Gasteiger partial charge in [-0.25, -0.2) is 9.37 Å². The van der Waals surface area contributed by atoms with E-state index in [-0.39, 0.29) is 5.91 Å². The molecule has 6 nitrogen and oxygen atoms in total. The first-order valence-electron chi connectivity index (χ1n) is 8.38. The summed E-state index contributed by atoms with van der Waals surface area (Å²) in [5, 5.41) is 7.76. The molecule has 1 N–H and O–H groups in total. The molecule has 0 saturated carbocycles. The molecule has 3 aromatic rings. The second-order valence-electron chi connectivity index (χ2n) is 5.80. The van der Waals surface area contributed by atoms with E-state index in [0.29, 0.717) is 41.4 Å². The van der Waals surface area contributed by atoms with E-state index in [0.717, 1.165) is 23.2 Å². The Balaban J connectivity index is 1.71. The molecule has 0 bridgehead atoms. The molecule has 0 fully saturated rings. The zero-order valence-corrected chi connectivity index (χ0v) is 15.4. The highest BCUT2D eigenvalue weighted by Crippen LogP contribution is 2.26. The van der Waals surface area contributed by atoms with Crippen molar-refractivity contribution in [1.82, 2.24) is 20.4 Å². The molecule has 0 aliphatic heterocycles. The molecule has 0 unspecified atom stereocenters. The van der Waals surface area contributed by atoms with Crippen molar-refractivity contribution in [2.75, 3.05) is 6.54 Å². The lowest BCUT2D eigenvalue weighted by Crippen LogP contribution is -2.22. The standard InChI is InChI=1S/C18H19FN4O2S/c1-3-8-20-18(24)15-10-22-16(26-15)7-5-13-11(2)25-23-17(13)14-6-4-12(19)9-21-14/h4,6,9-10H,3,5,7-8H2,1-2H3,(H,20,24). The van der Waals surface area contributed by atoms with Gasteiger partial charge in [0.05, 0.1) is 23.1 Å². The van der Waals surface area contributed by atoms with Gasteiger partial charge in [0.1, 0.15) is 22.1 Å². The van der Waals surface area contributed by atoms with Crippen molar-refractivity contribution in [3.05, 3.63) is 51.6 Å². The molecule has 0 aliphatic carbocycles. The Morgan fingerprint density at radius 1 is 1.27 bits per heavy atom. The Kier molecular flexibility index (Phi) is 5.72. The van der Waals surface area contributed by atoms with E-state index >= 15 is 0 Å². The summed E-state index contributed by atoms with van der Waals surface area (Å²) in [6, 6.07) is 2.92. The molecular formula is C18H19FN4O2S. The van der Waals surface area contributed by atoms with Gasteiger partial charge in [-0.3, -0.25) is 9.78 Å². The number of hydrogen-bond acceptors (Lipinski definition) is 6. The first-order chi connectivity index (χ1) is 12.6. The van der Waals surface area contributed by atoms with Crippen LogP contribution in [-0.4, -0.2) is 27.6 Å². The predicted molar refractivity (Wildman–Crippen MR) is 96.6 cm³/mol. The molecule has 1 amide bonds. The second-order valence-corrected chi connectivity index (χ2v) is 6.92. The van der Waals surface area contributed by atoms with Crippen LogP contribution in [0.2, 0.25) is 0 Å². The van der Waals surface area contributed by atoms with E-state index < -0.39 is 5.82 Å². The highest BCUT2D eigenvalue weighted by atomic mass is 32.1. The van der Waals surface area contributed by atoms with Gasteiger partial charge in [-0.05, 0) is 31.9 Å². The third kappa shape index (κ3) is 4.13. The average Bonchev–Trinajstić information content (AvgIpc) is 3.25. The van der Waals surface area contributed by atoms with Gasteiger partial charge in [0.25, 0.3) is 5.91 Å². The minimum absolute atomic E-state index is 0.0899. The van der Waals surface area contributed by atoms with Crippen LogP contribution in [-0.2, 0) is 12.8 Å². The van der Waals surface area contributed by atoms with Gasteiger partial charge in [0.15, 0.2) is 0 Å². The monoisotopic (exact) mass is 374 g/mol. The Morgan fingerprint density at radius 2 is 2.12 bits per heavy atom. The second kappa shape index (κ2) is 8.18. The van der Waals surface area contributed by atoms with Gasteiger partial charge in [-0.1, -0.05) is 12.1 Å². The van der Waals surface area contributed by atoms with Crippen LogP contribution in [0.3, 0.4) is 0 Å². The number of aryl methyl sites for hydroxylation is 2. The zero-order valence-electron chi connectivity index (χ0n) is 14.6. The van der Waals surface area contributed by atoms with Crippen LogP contribution in [0, 0.1) is 12.7 Å². The molecule has 8 heteroatoms. The summed E-state index contributed by atoms with van der Waals surface area (Å²) in [5.41, 5.74) is 2.09. The lowest BCUT2D eigenvalue weighted by atomic mass is 10.1. The van der Waals surface area contributed by atoms with Crippen LogP contribution in [0.5, 0.6) is 0 Å². The summed E-state index contributed by atoms with van der Waals surface area (Å²) in [7, 11) is 0. The number of nitrogens with one attached hydrogen (secondary N) is 1. The molecule has 0 spiro atoms. The van der Waals surface area contributed by atoms with Gasteiger partial charge in [-0.2, -0.15) is 0 Å². The van der Waals surface area contributed by atoms with E-state index in [2.05, 4.69) is 20.4 Å². The zero-order chi connectivity index (χ0) is 18.5. The largest absolute Gasteiger partial charge is 0.361 e. The third-order valence-corrected chi connectivity index (χ3v) is 4.91. The third-order valence-electron chi connectivity index (χ3n) is 3.86. The number of carbonyl (C=O) groups is 1. The number of halogens is 1. The molecule has 3 aromatic heterocycles. The van der Waals surface area contributed by atoms with Crippen LogP contribution in [0.25, 0.3) is 11.4 Å². The SMILES string of the molecule is CCCNC(=O)c1cnc(CCc2c(-c3ccc(F)cn3)noc2C)s1. The number of aromatic nitrogens is 3. The number of amides is 1. The molecule has 136 valence electrons. The lowest BCUT2D eigenvalue weighted by molar-refractivity contribution is 0.0957. The Bertz CT molecular complexity index is 889. The van der Waals surface area contributed by atoms with Crippen molar-refractivity contribution < 1.29 is 13.7 Å². The van der Waals surface area contributed by atoms with E-state index in [4.69, 9.17) is 4.52 Å². The fourth-order valence-corrected chi connectivity index (χ4v) is 3.32. The van der Waals surface area contributed by atoms with Gasteiger partial charge in [0, 0.05) is 18.5 Å². The molecule has 0 atom stereocenters. The number of pyridine rings is 1. The molecule has 0 radical (unpaired) electrons. The Morgan fingerprint density at radius 3 is 2.85 bits per heavy atom. The summed E-state index contributed by atoms with van der Waals surface area (Å²) in [6.07, 6.45) is 4.96. The van der Waals surface area contributed by atoms with Gasteiger partial charge >= 0.3 is 0 Å². The number of nitrogens with zero attached hydrogens (tertiary/aromatic N) is 3. The molecule has 26 heavy (non-hydrogen) atoms. The fraction of sp³-hybridized carbons (Fsp3) is 0.333. The first kappa shape index (κ1) is 18.2. The molecule has 0 aliphatic rings. The van der Waals surface area contributed by atoms with Crippen molar-refractivity contribution in [2.24, 2.45) is 0 Å². The maximum absolute atomic E-state index is 13.1. The highest BCUT2D eigenvalue weighted by Gasteiger charge is 2.17. The number of carbonyl (C=O) groups excluding carboxylic acids is 1.